The number of amides is 1. The molecule has 0 aromatic heterocycles. The van der Waals surface area contributed by atoms with E-state index in [1.54, 1.807) is 29.2 Å². The zero-order valence-corrected chi connectivity index (χ0v) is 21.2. The van der Waals surface area contributed by atoms with Crippen LogP contribution in [0.25, 0.3) is 0 Å². The largest absolute Gasteiger partial charge is 0.457 e. The van der Waals surface area contributed by atoms with Crippen LogP contribution in [0.2, 0.25) is 0 Å². The number of hydrogen-bond donors (Lipinski definition) is 0. The Morgan fingerprint density at radius 1 is 0.944 bits per heavy atom. The summed E-state index contributed by atoms with van der Waals surface area (Å²) in [6.45, 7) is 1.80. The summed E-state index contributed by atoms with van der Waals surface area (Å²) in [6, 6.07) is 20.4. The van der Waals surface area contributed by atoms with Gasteiger partial charge in [-0.05, 0) is 66.6 Å². The molecule has 0 spiro atoms. The minimum Gasteiger partial charge on any atom is -0.457 e. The van der Waals surface area contributed by atoms with Crippen LogP contribution in [0.3, 0.4) is 0 Å². The number of rotatable bonds is 8. The van der Waals surface area contributed by atoms with Crippen LogP contribution in [0.4, 0.5) is 5.69 Å². The fraction of sp³-hybridized carbons (Fsp3) is 0.214. The molecule has 1 amide bonds. The normalized spacial score (nSPS) is 15.0. The molecule has 1 aliphatic rings. The summed E-state index contributed by atoms with van der Waals surface area (Å²) in [5.74, 6) is -1.97. The predicted molar refractivity (Wildman–Crippen MR) is 137 cm³/mol. The highest BCUT2D eigenvalue weighted by atomic mass is 79.9. The second kappa shape index (κ2) is 11.3. The molecule has 1 atom stereocenters. The lowest BCUT2D eigenvalue weighted by Crippen LogP contribution is -2.28. The molecule has 1 aliphatic heterocycles. The molecular formula is C28H24BrNO6. The monoisotopic (exact) mass is 549 g/mol. The van der Waals surface area contributed by atoms with E-state index in [0.29, 0.717) is 11.1 Å². The van der Waals surface area contributed by atoms with Gasteiger partial charge in [-0.2, -0.15) is 0 Å². The van der Waals surface area contributed by atoms with Crippen molar-refractivity contribution in [2.75, 3.05) is 18.1 Å². The summed E-state index contributed by atoms with van der Waals surface area (Å²) in [5, 5.41) is 0. The number of halogens is 1. The number of Topliss-reactive ketones (excluding diaryl/α,β-unsaturated/α-hetero) is 1. The van der Waals surface area contributed by atoms with E-state index < -0.39 is 30.2 Å². The van der Waals surface area contributed by atoms with Crippen molar-refractivity contribution in [2.24, 2.45) is 5.92 Å². The Morgan fingerprint density at radius 3 is 2.31 bits per heavy atom. The van der Waals surface area contributed by atoms with E-state index in [4.69, 9.17) is 9.47 Å². The summed E-state index contributed by atoms with van der Waals surface area (Å²) in [5.41, 5.74) is 2.54. The van der Waals surface area contributed by atoms with Gasteiger partial charge >= 0.3 is 11.9 Å². The van der Waals surface area contributed by atoms with E-state index in [0.717, 1.165) is 22.1 Å². The number of ether oxygens (including phenoxy) is 2. The van der Waals surface area contributed by atoms with E-state index in [-0.39, 0.29) is 24.6 Å². The van der Waals surface area contributed by atoms with Gasteiger partial charge in [0.05, 0.1) is 11.5 Å². The van der Waals surface area contributed by atoms with Crippen molar-refractivity contribution >= 4 is 45.2 Å². The molecule has 7 nitrogen and oxygen atoms in total. The summed E-state index contributed by atoms with van der Waals surface area (Å²) >= 11 is 3.31. The molecule has 8 heteroatoms. The number of ketones is 1. The number of para-hydroxylation sites is 1. The van der Waals surface area contributed by atoms with Gasteiger partial charge in [-0.1, -0.05) is 41.1 Å². The fourth-order valence-electron chi connectivity index (χ4n) is 3.97. The molecule has 1 fully saturated rings. The van der Waals surface area contributed by atoms with Crippen molar-refractivity contribution < 1.29 is 28.7 Å². The lowest BCUT2D eigenvalue weighted by atomic mass is 10.1. The number of carbonyl (C=O) groups is 4. The molecule has 36 heavy (non-hydrogen) atoms. The van der Waals surface area contributed by atoms with Crippen LogP contribution in [-0.2, 0) is 20.7 Å². The molecule has 3 aromatic carbocycles. The second-order valence-electron chi connectivity index (χ2n) is 8.34. The van der Waals surface area contributed by atoms with Crippen LogP contribution in [0.1, 0.15) is 39.6 Å². The molecule has 0 bridgehead atoms. The Kier molecular flexibility index (Phi) is 7.95. The van der Waals surface area contributed by atoms with E-state index in [1.807, 2.05) is 31.2 Å². The number of benzene rings is 3. The van der Waals surface area contributed by atoms with Gasteiger partial charge in [0.1, 0.15) is 5.75 Å². The minimum atomic E-state index is -0.629. The highest BCUT2D eigenvalue weighted by molar-refractivity contribution is 9.10. The first-order chi connectivity index (χ1) is 17.4. The Balaban J connectivity index is 1.30. The highest BCUT2D eigenvalue weighted by Crippen LogP contribution is 2.29. The third kappa shape index (κ3) is 5.88. The molecule has 1 saturated heterocycles. The maximum atomic E-state index is 12.6. The molecule has 0 radical (unpaired) electrons. The third-order valence-electron chi connectivity index (χ3n) is 5.93. The summed E-state index contributed by atoms with van der Waals surface area (Å²) in [4.78, 5) is 51.5. The summed E-state index contributed by atoms with van der Waals surface area (Å²) in [6.07, 6.45) is 0.815. The maximum absolute atomic E-state index is 12.6. The SMILES string of the molecule is CCc1ccccc1N1CC(C(=O)OCC(=O)c2ccc(OC(=O)c3ccc(Br)cc3)cc2)CC1=O. The lowest BCUT2D eigenvalue weighted by molar-refractivity contribution is -0.147. The van der Waals surface area contributed by atoms with Gasteiger partial charge in [-0.15, -0.1) is 0 Å². The maximum Gasteiger partial charge on any atom is 0.343 e. The number of anilines is 1. The molecule has 3 aromatic rings. The van der Waals surface area contributed by atoms with Crippen molar-refractivity contribution in [3.8, 4) is 5.75 Å². The second-order valence-corrected chi connectivity index (χ2v) is 9.26. The van der Waals surface area contributed by atoms with Crippen LogP contribution in [0.5, 0.6) is 5.75 Å². The Hall–Kier alpha value is -3.78. The molecule has 1 heterocycles. The topological polar surface area (TPSA) is 90.0 Å². The molecule has 0 saturated carbocycles. The number of hydrogen-bond acceptors (Lipinski definition) is 6. The first-order valence-electron chi connectivity index (χ1n) is 11.5. The van der Waals surface area contributed by atoms with Gasteiger partial charge in [0, 0.05) is 28.7 Å². The molecule has 0 aliphatic carbocycles. The van der Waals surface area contributed by atoms with Crippen LogP contribution in [-0.4, -0.2) is 36.8 Å². The standard InChI is InChI=1S/C28H24BrNO6/c1-2-18-5-3-4-6-24(18)30-16-21(15-26(30)32)27(33)35-17-25(31)19-9-13-23(14-10-19)36-28(34)20-7-11-22(29)12-8-20/h3-14,21H,2,15-17H2,1H3. The van der Waals surface area contributed by atoms with E-state index >= 15 is 0 Å². The van der Waals surface area contributed by atoms with E-state index in [2.05, 4.69) is 15.9 Å². The van der Waals surface area contributed by atoms with Crippen molar-refractivity contribution in [2.45, 2.75) is 19.8 Å². The fourth-order valence-corrected chi connectivity index (χ4v) is 4.23. The zero-order chi connectivity index (χ0) is 25.7. The molecule has 4 rings (SSSR count). The van der Waals surface area contributed by atoms with E-state index in [9.17, 15) is 19.2 Å². The lowest BCUT2D eigenvalue weighted by Gasteiger charge is -2.19. The van der Waals surface area contributed by atoms with Crippen molar-refractivity contribution in [3.63, 3.8) is 0 Å². The highest BCUT2D eigenvalue weighted by Gasteiger charge is 2.37. The zero-order valence-electron chi connectivity index (χ0n) is 19.6. The Labute approximate surface area is 217 Å². The smallest absolute Gasteiger partial charge is 0.343 e. The van der Waals surface area contributed by atoms with Gasteiger partial charge in [0.2, 0.25) is 5.91 Å². The Bertz CT molecular complexity index is 1290. The molecule has 0 N–H and O–H groups in total. The number of nitrogens with zero attached hydrogens (tertiary/aromatic N) is 1. The van der Waals surface area contributed by atoms with Crippen LogP contribution >= 0.6 is 15.9 Å². The van der Waals surface area contributed by atoms with Crippen LogP contribution < -0.4 is 9.64 Å². The van der Waals surface area contributed by atoms with Crippen molar-refractivity contribution in [1.29, 1.82) is 0 Å². The van der Waals surface area contributed by atoms with Gasteiger partial charge < -0.3 is 14.4 Å². The number of aryl methyl sites for hydroxylation is 1. The third-order valence-corrected chi connectivity index (χ3v) is 6.46. The Morgan fingerprint density at radius 2 is 1.61 bits per heavy atom. The first-order valence-corrected chi connectivity index (χ1v) is 12.3. The van der Waals surface area contributed by atoms with Crippen molar-refractivity contribution in [3.05, 3.63) is 94.0 Å². The average Bonchev–Trinajstić information content (AvgIpc) is 3.29. The van der Waals surface area contributed by atoms with Crippen molar-refractivity contribution in [1.82, 2.24) is 0 Å². The molecule has 184 valence electrons. The minimum absolute atomic E-state index is 0.0451. The van der Waals surface area contributed by atoms with Gasteiger partial charge in [0.25, 0.3) is 0 Å². The molecular weight excluding hydrogens is 526 g/mol. The number of carbonyl (C=O) groups excluding carboxylic acids is 4. The van der Waals surface area contributed by atoms with E-state index in [1.165, 1.54) is 24.3 Å². The van der Waals surface area contributed by atoms with Gasteiger partial charge in [-0.3, -0.25) is 14.4 Å². The summed E-state index contributed by atoms with van der Waals surface area (Å²) < 4.78 is 11.4. The van der Waals surface area contributed by atoms with Crippen LogP contribution in [0.15, 0.2) is 77.3 Å². The first kappa shape index (κ1) is 25.3. The quantitative estimate of drug-likeness (QED) is 0.223. The molecule has 1 unspecified atom stereocenters. The number of esters is 2. The van der Waals surface area contributed by atoms with Gasteiger partial charge in [-0.25, -0.2) is 4.79 Å². The summed E-state index contributed by atoms with van der Waals surface area (Å²) in [7, 11) is 0. The van der Waals surface area contributed by atoms with Crippen LogP contribution in [0, 0.1) is 5.92 Å². The predicted octanol–water partition coefficient (Wildman–Crippen LogP) is 5.01. The van der Waals surface area contributed by atoms with Gasteiger partial charge in [0.15, 0.2) is 12.4 Å². The average molecular weight is 550 g/mol.